The van der Waals surface area contributed by atoms with E-state index in [1.165, 1.54) is 17.6 Å². The monoisotopic (exact) mass is 473 g/mol. The highest BCUT2D eigenvalue weighted by atomic mass is 16.7. The molecule has 0 radical (unpaired) electrons. The van der Waals surface area contributed by atoms with Crippen LogP contribution in [0.5, 0.6) is 11.5 Å². The summed E-state index contributed by atoms with van der Waals surface area (Å²) < 4.78 is 13.0. The molecule has 184 valence electrons. The van der Waals surface area contributed by atoms with Crippen LogP contribution in [-0.2, 0) is 4.74 Å². The van der Waals surface area contributed by atoms with Gasteiger partial charge in [-0.05, 0) is 52.4 Å². The van der Waals surface area contributed by atoms with Crippen molar-refractivity contribution in [3.63, 3.8) is 0 Å². The molecule has 1 aromatic carbocycles. The van der Waals surface area contributed by atoms with Gasteiger partial charge in [0, 0.05) is 11.8 Å². The molecule has 0 saturated carbocycles. The van der Waals surface area contributed by atoms with E-state index in [0.717, 1.165) is 5.56 Å². The minimum absolute atomic E-state index is 0.0664. The zero-order valence-electron chi connectivity index (χ0n) is 19.7. The van der Waals surface area contributed by atoms with Gasteiger partial charge in [-0.1, -0.05) is 12.2 Å². The third-order valence-corrected chi connectivity index (χ3v) is 6.61. The van der Waals surface area contributed by atoms with Gasteiger partial charge in [-0.15, -0.1) is 0 Å². The number of rotatable bonds is 4. The number of benzene rings is 1. The van der Waals surface area contributed by atoms with Gasteiger partial charge in [-0.2, -0.15) is 0 Å². The molecule has 3 heterocycles. The Kier molecular flexibility index (Phi) is 6.21. The van der Waals surface area contributed by atoms with E-state index in [1.54, 1.807) is 39.2 Å². The van der Waals surface area contributed by atoms with Crippen molar-refractivity contribution >= 4 is 17.7 Å². The lowest BCUT2D eigenvalue weighted by Crippen LogP contribution is -2.69. The Hall–Kier alpha value is -2.89. The summed E-state index contributed by atoms with van der Waals surface area (Å²) in [6.45, 7) is 6.65. The lowest BCUT2D eigenvalue weighted by atomic mass is 9.84. The van der Waals surface area contributed by atoms with Gasteiger partial charge in [-0.3, -0.25) is 9.36 Å². The van der Waals surface area contributed by atoms with Crippen LogP contribution in [0.4, 0.5) is 5.69 Å². The summed E-state index contributed by atoms with van der Waals surface area (Å²) in [5.41, 5.74) is -0.106. The number of aliphatic hydroxyl groups excluding tert-OH is 2. The molecule has 10 heteroatoms. The number of nitrogens with one attached hydrogen (secondary N) is 2. The molecule has 6 N–H and O–H groups in total. The number of fused-ring (bicyclic) bond motifs is 2. The number of aromatic hydroxyl groups is 1. The zero-order chi connectivity index (χ0) is 24.9. The Balaban J connectivity index is 1.74. The largest absolute Gasteiger partial charge is 0.505 e. The normalized spacial score (nSPS) is 31.1. The minimum Gasteiger partial charge on any atom is -0.505 e. The van der Waals surface area contributed by atoms with Gasteiger partial charge in [0.05, 0.1) is 29.1 Å². The molecule has 2 aromatic rings. The van der Waals surface area contributed by atoms with Crippen LogP contribution >= 0.6 is 0 Å². The van der Waals surface area contributed by atoms with Crippen molar-refractivity contribution in [1.29, 1.82) is 0 Å². The van der Waals surface area contributed by atoms with Crippen LogP contribution in [0.15, 0.2) is 24.4 Å². The maximum absolute atomic E-state index is 13.4. The van der Waals surface area contributed by atoms with Gasteiger partial charge in [0.2, 0.25) is 6.29 Å². The molecule has 10 nitrogen and oxygen atoms in total. The quantitative estimate of drug-likeness (QED) is 0.364. The molecule has 2 aliphatic rings. The molecular formula is C24H31N3O7. The molecule has 0 amide bonds. The second kappa shape index (κ2) is 8.71. The number of hydrogen-bond acceptors (Lipinski definition) is 9. The van der Waals surface area contributed by atoms with Crippen LogP contribution < -0.4 is 15.4 Å². The number of allylic oxidation sites excluding steroid dienone is 1. The molecule has 0 bridgehead atoms. The van der Waals surface area contributed by atoms with Crippen molar-refractivity contribution in [1.82, 2.24) is 9.88 Å². The minimum atomic E-state index is -1.57. The summed E-state index contributed by atoms with van der Waals surface area (Å²) in [4.78, 5) is 13.4. The fourth-order valence-corrected chi connectivity index (χ4v) is 4.74. The third kappa shape index (κ3) is 3.77. The van der Waals surface area contributed by atoms with Crippen molar-refractivity contribution in [3.05, 3.63) is 46.8 Å². The van der Waals surface area contributed by atoms with E-state index in [4.69, 9.17) is 9.47 Å². The van der Waals surface area contributed by atoms with Crippen LogP contribution in [0, 0.1) is 6.92 Å². The Morgan fingerprint density at radius 1 is 1.32 bits per heavy atom. The Labute approximate surface area is 197 Å². The predicted molar refractivity (Wildman–Crippen MR) is 125 cm³/mol. The number of carbonyl (C=O) groups is 1. The van der Waals surface area contributed by atoms with Crippen molar-refractivity contribution in [2.75, 3.05) is 12.4 Å². The molecule has 1 aromatic heterocycles. The summed E-state index contributed by atoms with van der Waals surface area (Å²) in [5.74, 6) is -0.664. The van der Waals surface area contributed by atoms with E-state index in [2.05, 4.69) is 10.6 Å². The van der Waals surface area contributed by atoms with Crippen molar-refractivity contribution in [3.8, 4) is 11.5 Å². The lowest BCUT2D eigenvalue weighted by molar-refractivity contribution is -0.272. The molecule has 1 saturated heterocycles. The van der Waals surface area contributed by atoms with Crippen molar-refractivity contribution in [2.24, 2.45) is 0 Å². The molecular weight excluding hydrogens is 442 g/mol. The number of aliphatic hydroxyl groups is 3. The first-order valence-corrected chi connectivity index (χ1v) is 11.1. The summed E-state index contributed by atoms with van der Waals surface area (Å²) >= 11 is 0. The number of phenolic OH excluding ortho intramolecular Hbond substituents is 1. The van der Waals surface area contributed by atoms with Crippen molar-refractivity contribution < 1.29 is 34.7 Å². The summed E-state index contributed by atoms with van der Waals surface area (Å²) in [6, 6.07) is 2.56. The van der Waals surface area contributed by atoms with Gasteiger partial charge in [-0.25, -0.2) is 0 Å². The maximum Gasteiger partial charge on any atom is 0.264 e. The summed E-state index contributed by atoms with van der Waals surface area (Å²) in [5, 5.41) is 48.9. The molecule has 6 atom stereocenters. The molecule has 0 unspecified atom stereocenters. The molecule has 0 aliphatic carbocycles. The van der Waals surface area contributed by atoms with E-state index >= 15 is 0 Å². The van der Waals surface area contributed by atoms with E-state index in [-0.39, 0.29) is 28.3 Å². The van der Waals surface area contributed by atoms with Gasteiger partial charge in [0.25, 0.3) is 5.91 Å². The van der Waals surface area contributed by atoms with Crippen LogP contribution in [0.3, 0.4) is 0 Å². The fourth-order valence-electron chi connectivity index (χ4n) is 4.74. The highest BCUT2D eigenvalue weighted by molar-refractivity contribution is 6.04. The van der Waals surface area contributed by atoms with E-state index in [1.807, 2.05) is 13.0 Å². The van der Waals surface area contributed by atoms with Crippen molar-refractivity contribution in [2.45, 2.75) is 64.1 Å². The number of likely N-dealkylation sites (N-methyl/N-ethyl adjacent to an activating group) is 1. The number of phenols is 1. The van der Waals surface area contributed by atoms with Gasteiger partial charge in [0.1, 0.15) is 23.2 Å². The Morgan fingerprint density at radius 2 is 2.03 bits per heavy atom. The standard InChI is InChI=1S/C24H31N3O7/c1-6-7-13-8-15-21(30)26-17-14(22(31)27(15)10-13)9-16(11(2)18(17)28)34-23-20(29)24(4,32)19(25-5)12(3)33-23/h6-10,12,19-21,23,25-26,28-30,32H,1-5H3/b7-6+/t12-,19-,20-,21-,23+,24-/m1/s1. The van der Waals surface area contributed by atoms with Gasteiger partial charge >= 0.3 is 0 Å². The van der Waals surface area contributed by atoms with Crippen LogP contribution in [-0.4, -0.2) is 68.1 Å². The third-order valence-electron chi connectivity index (χ3n) is 6.61. The average molecular weight is 474 g/mol. The summed E-state index contributed by atoms with van der Waals surface area (Å²) in [7, 11) is 1.66. The van der Waals surface area contributed by atoms with Crippen LogP contribution in [0.1, 0.15) is 54.2 Å². The summed E-state index contributed by atoms with van der Waals surface area (Å²) in [6.07, 6.45) is 0.800. The van der Waals surface area contributed by atoms with Crippen LogP contribution in [0.25, 0.3) is 6.08 Å². The highest BCUT2D eigenvalue weighted by Crippen LogP contribution is 2.43. The topological polar surface area (TPSA) is 145 Å². The van der Waals surface area contributed by atoms with E-state index < -0.39 is 42.3 Å². The number of anilines is 1. The lowest BCUT2D eigenvalue weighted by Gasteiger charge is -2.47. The fraction of sp³-hybridized carbons (Fsp3) is 0.458. The second-order valence-corrected chi connectivity index (χ2v) is 8.96. The molecule has 1 fully saturated rings. The molecule has 4 rings (SSSR count). The first-order valence-electron chi connectivity index (χ1n) is 11.1. The predicted octanol–water partition coefficient (Wildman–Crippen LogP) is 1.46. The number of nitrogens with zero attached hydrogens (tertiary/aromatic N) is 1. The smallest absolute Gasteiger partial charge is 0.264 e. The molecule has 2 aliphatic heterocycles. The first-order chi connectivity index (χ1) is 16.0. The average Bonchev–Trinajstić information content (AvgIpc) is 3.17. The van der Waals surface area contributed by atoms with E-state index in [9.17, 15) is 25.2 Å². The Morgan fingerprint density at radius 3 is 2.68 bits per heavy atom. The van der Waals surface area contributed by atoms with Crippen LogP contribution in [0.2, 0.25) is 0 Å². The van der Waals surface area contributed by atoms with Gasteiger partial charge < -0.3 is 40.5 Å². The maximum atomic E-state index is 13.4. The number of carbonyl (C=O) groups excluding carboxylic acids is 1. The molecule has 34 heavy (non-hydrogen) atoms. The Bertz CT molecular complexity index is 1140. The molecule has 0 spiro atoms. The second-order valence-electron chi connectivity index (χ2n) is 8.96. The number of aromatic nitrogens is 1. The highest BCUT2D eigenvalue weighted by Gasteiger charge is 2.52. The van der Waals surface area contributed by atoms with Gasteiger partial charge in [0.15, 0.2) is 6.23 Å². The zero-order valence-corrected chi connectivity index (χ0v) is 19.7. The first kappa shape index (κ1) is 24.2. The number of hydrogen-bond donors (Lipinski definition) is 6. The SMILES string of the molecule is C/C=C/c1cc2n(c1)C(=O)c1cc(O[C@@H]3O[C@H](C)[C@@H](NC)[C@@](C)(O)[C@@H]3O)c(C)c(O)c1N[C@@H]2O. The number of ether oxygens (including phenoxy) is 2. The van der Waals surface area contributed by atoms with E-state index in [0.29, 0.717) is 5.69 Å².